The van der Waals surface area contributed by atoms with Gasteiger partial charge >= 0.3 is 0 Å². The van der Waals surface area contributed by atoms with Crippen molar-refractivity contribution in [1.82, 2.24) is 5.32 Å². The van der Waals surface area contributed by atoms with Crippen LogP contribution in [0.3, 0.4) is 0 Å². The number of rotatable bonds is 2. The van der Waals surface area contributed by atoms with Gasteiger partial charge in [-0.1, -0.05) is 0 Å². The molecule has 4 heteroatoms. The predicted molar refractivity (Wildman–Crippen MR) is 33.3 cm³/mol. The molecule has 0 aromatic rings. The summed E-state index contributed by atoms with van der Waals surface area (Å²) in [6, 6.07) is 0. The van der Waals surface area contributed by atoms with Crippen LogP contribution in [0.25, 0.3) is 0 Å². The molecule has 0 aromatic carbocycles. The minimum Gasteiger partial charge on any atom is -0.367 e. The number of carbonyl (C=O) groups excluding carboxylic acids is 2. The molecule has 1 unspecified atom stereocenters. The van der Waals surface area contributed by atoms with E-state index in [9.17, 15) is 9.59 Å². The van der Waals surface area contributed by atoms with Crippen LogP contribution in [-0.4, -0.2) is 37.9 Å². The summed E-state index contributed by atoms with van der Waals surface area (Å²) in [5.74, 6) is -0.604. The van der Waals surface area contributed by atoms with Gasteiger partial charge in [0.1, 0.15) is 6.10 Å². The van der Waals surface area contributed by atoms with Gasteiger partial charge in [-0.2, -0.15) is 0 Å². The fraction of sp³-hybridized carbons (Fsp3) is 0.667. The number of hydrogen-bond acceptors (Lipinski definition) is 4. The lowest BCUT2D eigenvalue weighted by molar-refractivity contribution is -0.125. The van der Waals surface area contributed by atoms with Crippen molar-refractivity contribution in [2.75, 3.05) is 19.7 Å². The van der Waals surface area contributed by atoms with E-state index in [0.717, 1.165) is 6.54 Å². The zero-order valence-electron chi connectivity index (χ0n) is 5.42. The van der Waals surface area contributed by atoms with E-state index in [2.05, 4.69) is 5.32 Å². The van der Waals surface area contributed by atoms with Gasteiger partial charge < -0.3 is 10.1 Å². The van der Waals surface area contributed by atoms with Gasteiger partial charge in [-0.15, -0.1) is 0 Å². The Balaban J connectivity index is 2.38. The van der Waals surface area contributed by atoms with E-state index in [1.807, 2.05) is 0 Å². The average molecular weight is 142 g/mol. The van der Waals surface area contributed by atoms with Crippen molar-refractivity contribution in [3.8, 4) is 0 Å². The molecule has 1 fully saturated rings. The average Bonchev–Trinajstić information content (AvgIpc) is 2.05. The number of nitrogens with one attached hydrogen (secondary N) is 1. The molecule has 0 amide bonds. The van der Waals surface area contributed by atoms with Crippen molar-refractivity contribution >= 4 is 12.1 Å². The lowest BCUT2D eigenvalue weighted by Gasteiger charge is -2.19. The normalized spacial score (nSPS) is 25.8. The maximum atomic E-state index is 10.6. The number of ketones is 1. The van der Waals surface area contributed by atoms with Gasteiger partial charge in [0, 0.05) is 13.1 Å². The van der Waals surface area contributed by atoms with Gasteiger partial charge in [0.15, 0.2) is 0 Å². The molecule has 1 aliphatic heterocycles. The van der Waals surface area contributed by atoms with E-state index in [1.54, 1.807) is 0 Å². The Morgan fingerprint density at radius 1 is 1.70 bits per heavy atom. The molecule has 1 atom stereocenters. The summed E-state index contributed by atoms with van der Waals surface area (Å²) in [5, 5.41) is 2.93. The maximum Gasteiger partial charge on any atom is 0.275 e. The number of ether oxygens (including phenoxy) is 1. The molecule has 10 heavy (non-hydrogen) atoms. The van der Waals surface area contributed by atoms with Crippen LogP contribution in [0.2, 0.25) is 0 Å². The third-order valence-corrected chi connectivity index (χ3v) is 1.32. The second kappa shape index (κ2) is 3.43. The molecule has 1 heterocycles. The highest BCUT2D eigenvalue weighted by atomic mass is 16.5. The monoisotopic (exact) mass is 142 g/mol. The van der Waals surface area contributed by atoms with E-state index in [1.165, 1.54) is 6.29 Å². The summed E-state index contributed by atoms with van der Waals surface area (Å²) >= 11 is 0. The van der Waals surface area contributed by atoms with Gasteiger partial charge in [-0.3, -0.25) is 9.59 Å². The smallest absolute Gasteiger partial charge is 0.275 e. The van der Waals surface area contributed by atoms with Gasteiger partial charge in [-0.05, 0) is 0 Å². The van der Waals surface area contributed by atoms with Gasteiger partial charge in [0.2, 0.25) is 5.78 Å². The fourth-order valence-electron chi connectivity index (χ4n) is 0.800. The molecule has 55 valence electrons. The quantitative estimate of drug-likeness (QED) is 0.484. The Morgan fingerprint density at radius 2 is 2.50 bits per heavy atom. The predicted octanol–water partition coefficient (Wildman–Crippen LogP) is -1.35. The van der Waals surface area contributed by atoms with E-state index < -0.39 is 11.9 Å². The lowest BCUT2D eigenvalue weighted by Crippen LogP contribution is -2.43. The molecule has 1 radical (unpaired) electrons. The van der Waals surface area contributed by atoms with Crippen LogP contribution in [-0.2, 0) is 14.3 Å². The van der Waals surface area contributed by atoms with E-state index in [-0.39, 0.29) is 0 Å². The second-order valence-corrected chi connectivity index (χ2v) is 2.03. The van der Waals surface area contributed by atoms with Crippen molar-refractivity contribution in [3.05, 3.63) is 0 Å². The van der Waals surface area contributed by atoms with Crippen molar-refractivity contribution < 1.29 is 14.3 Å². The summed E-state index contributed by atoms with van der Waals surface area (Å²) in [6.45, 7) is 1.65. The number of Topliss-reactive ketones (excluding diaryl/α,β-unsaturated/α-hetero) is 1. The summed E-state index contributed by atoms with van der Waals surface area (Å²) in [7, 11) is 0. The summed E-state index contributed by atoms with van der Waals surface area (Å²) in [4.78, 5) is 20.4. The van der Waals surface area contributed by atoms with Crippen LogP contribution < -0.4 is 5.32 Å². The topological polar surface area (TPSA) is 55.4 Å². The van der Waals surface area contributed by atoms with Gasteiger partial charge in [-0.25, -0.2) is 0 Å². The van der Waals surface area contributed by atoms with E-state index >= 15 is 0 Å². The molecule has 0 spiro atoms. The first kappa shape index (κ1) is 7.37. The number of hydrogen-bond donors (Lipinski definition) is 1. The highest BCUT2D eigenvalue weighted by molar-refractivity contribution is 6.27. The first-order valence-corrected chi connectivity index (χ1v) is 3.09. The number of morpholine rings is 1. The third kappa shape index (κ3) is 1.62. The molecule has 1 N–H and O–H groups in total. The Hall–Kier alpha value is -0.740. The van der Waals surface area contributed by atoms with Crippen molar-refractivity contribution in [1.29, 1.82) is 0 Å². The molecule has 4 nitrogen and oxygen atoms in total. The van der Waals surface area contributed by atoms with E-state index in [4.69, 9.17) is 4.74 Å². The van der Waals surface area contributed by atoms with Crippen LogP contribution in [0.5, 0.6) is 0 Å². The summed E-state index contributed by atoms with van der Waals surface area (Å²) in [6.07, 6.45) is 0.675. The standard InChI is InChI=1S/C6H8NO3/c8-4-5(9)6-3-7-1-2-10-6/h6-7H,1-3H2. The fourth-order valence-corrected chi connectivity index (χ4v) is 0.800. The second-order valence-electron chi connectivity index (χ2n) is 2.03. The molecule has 1 saturated heterocycles. The van der Waals surface area contributed by atoms with Crippen molar-refractivity contribution in [2.45, 2.75) is 6.10 Å². The zero-order valence-corrected chi connectivity index (χ0v) is 5.42. The lowest BCUT2D eigenvalue weighted by atomic mass is 10.2. The Labute approximate surface area is 58.5 Å². The molecule has 0 saturated carbocycles. The maximum absolute atomic E-state index is 10.6. The number of carbonyl (C=O) groups is 1. The van der Waals surface area contributed by atoms with Crippen LogP contribution in [0.1, 0.15) is 0 Å². The Kier molecular flexibility index (Phi) is 2.53. The minimum absolute atomic E-state index is 0.425. The van der Waals surface area contributed by atoms with Crippen molar-refractivity contribution in [2.24, 2.45) is 0 Å². The first-order valence-electron chi connectivity index (χ1n) is 3.09. The zero-order chi connectivity index (χ0) is 7.40. The largest absolute Gasteiger partial charge is 0.367 e. The third-order valence-electron chi connectivity index (χ3n) is 1.32. The Bertz CT molecular complexity index is 140. The first-order chi connectivity index (χ1) is 4.84. The minimum atomic E-state index is -0.605. The van der Waals surface area contributed by atoms with Gasteiger partial charge in [0.25, 0.3) is 6.29 Å². The molecular formula is C6H8NO3. The van der Waals surface area contributed by atoms with E-state index in [0.29, 0.717) is 13.2 Å². The molecule has 1 rings (SSSR count). The molecule has 1 aliphatic rings. The molecule has 0 aliphatic carbocycles. The highest BCUT2D eigenvalue weighted by Gasteiger charge is 2.21. The summed E-state index contributed by atoms with van der Waals surface area (Å²) in [5.41, 5.74) is 0. The molecule has 0 bridgehead atoms. The highest BCUT2D eigenvalue weighted by Crippen LogP contribution is 1.94. The van der Waals surface area contributed by atoms with Crippen LogP contribution in [0.4, 0.5) is 0 Å². The molecule has 0 aromatic heterocycles. The van der Waals surface area contributed by atoms with Crippen LogP contribution >= 0.6 is 0 Å². The van der Waals surface area contributed by atoms with Crippen LogP contribution in [0, 0.1) is 0 Å². The molecular weight excluding hydrogens is 134 g/mol. The summed E-state index contributed by atoms with van der Waals surface area (Å²) < 4.78 is 4.96. The van der Waals surface area contributed by atoms with Gasteiger partial charge in [0.05, 0.1) is 6.61 Å². The van der Waals surface area contributed by atoms with Crippen LogP contribution in [0.15, 0.2) is 0 Å². The van der Waals surface area contributed by atoms with Crippen molar-refractivity contribution in [3.63, 3.8) is 0 Å². The SMILES string of the molecule is O=[C]C(=O)C1CNCCO1. The Morgan fingerprint density at radius 3 is 3.00 bits per heavy atom.